The van der Waals surface area contributed by atoms with Crippen LogP contribution in [0.25, 0.3) is 0 Å². The van der Waals surface area contributed by atoms with Gasteiger partial charge in [0.05, 0.1) is 21.6 Å². The van der Waals surface area contributed by atoms with Gasteiger partial charge in [0, 0.05) is 11.9 Å². The standard InChI is InChI=1S/C11H15NO4S2/c1-8(2)18(15,16)6-5-17-10-7-9(11(13)14)3-4-12-10/h3-4,7-8H,5-6H2,1-2H3,(H,13,14). The van der Waals surface area contributed by atoms with Crippen LogP contribution in [0.4, 0.5) is 0 Å². The lowest BCUT2D eigenvalue weighted by molar-refractivity contribution is 0.0696. The molecule has 0 aliphatic heterocycles. The van der Waals surface area contributed by atoms with Gasteiger partial charge in [-0.05, 0) is 26.0 Å². The molecule has 100 valence electrons. The van der Waals surface area contributed by atoms with Crippen LogP contribution in [0, 0.1) is 0 Å². The number of carboxylic acids is 1. The molecule has 1 aromatic rings. The lowest BCUT2D eigenvalue weighted by Gasteiger charge is -2.07. The molecular weight excluding hydrogens is 274 g/mol. The first kappa shape index (κ1) is 15.0. The third-order valence-corrected chi connectivity index (χ3v) is 5.71. The van der Waals surface area contributed by atoms with Gasteiger partial charge < -0.3 is 5.11 Å². The zero-order chi connectivity index (χ0) is 13.8. The van der Waals surface area contributed by atoms with Crippen LogP contribution in [0.3, 0.4) is 0 Å². The Bertz CT molecular complexity index is 526. The van der Waals surface area contributed by atoms with E-state index in [1.165, 1.54) is 30.1 Å². The van der Waals surface area contributed by atoms with Crippen LogP contribution in [0.2, 0.25) is 0 Å². The lowest BCUT2D eigenvalue weighted by atomic mass is 10.3. The first-order chi connectivity index (χ1) is 8.33. The molecule has 0 aliphatic carbocycles. The molecule has 0 amide bonds. The summed E-state index contributed by atoms with van der Waals surface area (Å²) >= 11 is 1.24. The number of rotatable bonds is 6. The molecule has 0 saturated heterocycles. The average molecular weight is 289 g/mol. The van der Waals surface area contributed by atoms with E-state index >= 15 is 0 Å². The molecule has 0 saturated carbocycles. The molecule has 7 heteroatoms. The van der Waals surface area contributed by atoms with Gasteiger partial charge in [0.25, 0.3) is 0 Å². The predicted molar refractivity (Wildman–Crippen MR) is 70.8 cm³/mol. The van der Waals surface area contributed by atoms with Crippen molar-refractivity contribution in [2.75, 3.05) is 11.5 Å². The normalized spacial score (nSPS) is 11.7. The van der Waals surface area contributed by atoms with Gasteiger partial charge in [-0.1, -0.05) is 0 Å². The van der Waals surface area contributed by atoms with E-state index in [0.717, 1.165) is 0 Å². The SMILES string of the molecule is CC(C)S(=O)(=O)CCSc1cc(C(=O)O)ccn1. The third kappa shape index (κ3) is 4.30. The summed E-state index contributed by atoms with van der Waals surface area (Å²) in [5.74, 6) is -0.584. The Balaban J connectivity index is 2.60. The Morgan fingerprint density at radius 2 is 2.17 bits per heavy atom. The minimum Gasteiger partial charge on any atom is -0.478 e. The monoisotopic (exact) mass is 289 g/mol. The number of aromatic nitrogens is 1. The average Bonchev–Trinajstić information content (AvgIpc) is 2.29. The Hall–Kier alpha value is -1.08. The topological polar surface area (TPSA) is 84.3 Å². The van der Waals surface area contributed by atoms with Gasteiger partial charge in [-0.3, -0.25) is 0 Å². The summed E-state index contributed by atoms with van der Waals surface area (Å²) in [5, 5.41) is 8.93. The summed E-state index contributed by atoms with van der Waals surface area (Å²) in [6.45, 7) is 3.28. The van der Waals surface area contributed by atoms with Gasteiger partial charge in [0.2, 0.25) is 0 Å². The first-order valence-electron chi connectivity index (χ1n) is 5.36. The third-order valence-electron chi connectivity index (χ3n) is 2.32. The van der Waals surface area contributed by atoms with Crippen LogP contribution in [0.15, 0.2) is 23.4 Å². The van der Waals surface area contributed by atoms with Crippen molar-refractivity contribution in [1.29, 1.82) is 0 Å². The number of hydrogen-bond acceptors (Lipinski definition) is 5. The summed E-state index contributed by atoms with van der Waals surface area (Å²) in [5.41, 5.74) is 0.152. The highest BCUT2D eigenvalue weighted by Gasteiger charge is 2.15. The summed E-state index contributed by atoms with van der Waals surface area (Å²) < 4.78 is 23.1. The highest BCUT2D eigenvalue weighted by molar-refractivity contribution is 8.00. The molecule has 1 N–H and O–H groups in total. The van der Waals surface area contributed by atoms with Crippen LogP contribution >= 0.6 is 11.8 Å². The van der Waals surface area contributed by atoms with E-state index in [9.17, 15) is 13.2 Å². The second-order valence-electron chi connectivity index (χ2n) is 3.95. The van der Waals surface area contributed by atoms with Gasteiger partial charge in [-0.25, -0.2) is 18.2 Å². The van der Waals surface area contributed by atoms with Crippen molar-refractivity contribution in [3.63, 3.8) is 0 Å². The molecule has 0 unspecified atom stereocenters. The molecule has 0 aliphatic rings. The quantitative estimate of drug-likeness (QED) is 0.802. The van der Waals surface area contributed by atoms with E-state index in [1.807, 2.05) is 0 Å². The largest absolute Gasteiger partial charge is 0.478 e. The minimum absolute atomic E-state index is 0.0638. The van der Waals surface area contributed by atoms with Crippen LogP contribution in [-0.4, -0.2) is 41.2 Å². The van der Waals surface area contributed by atoms with Crippen molar-refractivity contribution in [3.8, 4) is 0 Å². The second-order valence-corrected chi connectivity index (χ2v) is 7.74. The van der Waals surface area contributed by atoms with Gasteiger partial charge in [0.15, 0.2) is 9.84 Å². The van der Waals surface area contributed by atoms with E-state index in [2.05, 4.69) is 4.98 Å². The highest BCUT2D eigenvalue weighted by Crippen LogP contribution is 2.17. The lowest BCUT2D eigenvalue weighted by Crippen LogP contribution is -2.19. The fourth-order valence-corrected chi connectivity index (χ4v) is 3.41. The fourth-order valence-electron chi connectivity index (χ4n) is 1.12. The molecule has 0 fully saturated rings. The molecule has 0 atom stereocenters. The van der Waals surface area contributed by atoms with Gasteiger partial charge >= 0.3 is 5.97 Å². The number of carbonyl (C=O) groups is 1. The van der Waals surface area contributed by atoms with Gasteiger partial charge in [-0.2, -0.15) is 0 Å². The molecule has 0 aromatic carbocycles. The van der Waals surface area contributed by atoms with Crippen molar-refractivity contribution in [2.45, 2.75) is 24.1 Å². The van der Waals surface area contributed by atoms with E-state index in [4.69, 9.17) is 5.11 Å². The smallest absolute Gasteiger partial charge is 0.335 e. The van der Waals surface area contributed by atoms with Gasteiger partial charge in [0.1, 0.15) is 0 Å². The maximum absolute atomic E-state index is 11.6. The number of nitrogens with zero attached hydrogens (tertiary/aromatic N) is 1. The first-order valence-corrected chi connectivity index (χ1v) is 8.07. The summed E-state index contributed by atoms with van der Waals surface area (Å²) in [4.78, 5) is 14.7. The molecule has 0 spiro atoms. The van der Waals surface area contributed by atoms with Crippen molar-refractivity contribution in [2.24, 2.45) is 0 Å². The minimum atomic E-state index is -3.06. The van der Waals surface area contributed by atoms with Crippen molar-refractivity contribution >= 4 is 27.6 Å². The number of hydrogen-bond donors (Lipinski definition) is 1. The van der Waals surface area contributed by atoms with Crippen LogP contribution in [-0.2, 0) is 9.84 Å². The molecule has 0 radical (unpaired) electrons. The Labute approximate surface area is 111 Å². The molecule has 0 bridgehead atoms. The molecular formula is C11H15NO4S2. The van der Waals surface area contributed by atoms with Crippen molar-refractivity contribution in [1.82, 2.24) is 4.98 Å². The summed E-state index contributed by atoms with van der Waals surface area (Å²) in [6, 6.07) is 2.84. The Morgan fingerprint density at radius 3 is 2.72 bits per heavy atom. The number of carboxylic acid groups (broad SMARTS) is 1. The molecule has 1 heterocycles. The molecule has 1 aromatic heterocycles. The van der Waals surface area contributed by atoms with Crippen LogP contribution < -0.4 is 0 Å². The number of aromatic carboxylic acids is 1. The van der Waals surface area contributed by atoms with E-state index in [-0.39, 0.29) is 11.3 Å². The molecule has 18 heavy (non-hydrogen) atoms. The van der Waals surface area contributed by atoms with Gasteiger partial charge in [-0.15, -0.1) is 11.8 Å². The van der Waals surface area contributed by atoms with E-state index < -0.39 is 21.1 Å². The number of sulfone groups is 1. The van der Waals surface area contributed by atoms with E-state index in [0.29, 0.717) is 10.8 Å². The second kappa shape index (κ2) is 6.19. The van der Waals surface area contributed by atoms with E-state index in [1.54, 1.807) is 13.8 Å². The molecule has 1 rings (SSSR count). The summed E-state index contributed by atoms with van der Waals surface area (Å²) in [6.07, 6.45) is 1.41. The zero-order valence-electron chi connectivity index (χ0n) is 10.2. The fraction of sp³-hybridized carbons (Fsp3) is 0.455. The van der Waals surface area contributed by atoms with Crippen molar-refractivity contribution in [3.05, 3.63) is 23.9 Å². The van der Waals surface area contributed by atoms with Crippen LogP contribution in [0.5, 0.6) is 0 Å². The predicted octanol–water partition coefficient (Wildman–Crippen LogP) is 1.70. The zero-order valence-corrected chi connectivity index (χ0v) is 11.8. The maximum atomic E-state index is 11.6. The maximum Gasteiger partial charge on any atom is 0.335 e. The van der Waals surface area contributed by atoms with Crippen LogP contribution in [0.1, 0.15) is 24.2 Å². The summed E-state index contributed by atoms with van der Waals surface area (Å²) in [7, 11) is -3.06. The number of thioether (sulfide) groups is 1. The van der Waals surface area contributed by atoms with Crippen molar-refractivity contribution < 1.29 is 18.3 Å². The molecule has 5 nitrogen and oxygen atoms in total. The highest BCUT2D eigenvalue weighted by atomic mass is 32.2. The Kier molecular flexibility index (Phi) is 5.15. The Morgan fingerprint density at radius 1 is 1.50 bits per heavy atom. The number of pyridine rings is 1.